The van der Waals surface area contributed by atoms with E-state index in [1.807, 2.05) is 35.0 Å². The molecule has 27 heavy (non-hydrogen) atoms. The molecular weight excluding hydrogens is 344 g/mol. The zero-order valence-corrected chi connectivity index (χ0v) is 15.5. The molecule has 0 amide bonds. The summed E-state index contributed by atoms with van der Waals surface area (Å²) in [5, 5.41) is 7.90. The van der Waals surface area contributed by atoms with Crippen LogP contribution in [0.5, 0.6) is 17.2 Å². The van der Waals surface area contributed by atoms with Crippen LogP contribution in [0.25, 0.3) is 0 Å². The van der Waals surface area contributed by atoms with Gasteiger partial charge in [0.2, 0.25) is 5.95 Å². The van der Waals surface area contributed by atoms with Crippen LogP contribution in [0.1, 0.15) is 29.6 Å². The summed E-state index contributed by atoms with van der Waals surface area (Å²) >= 11 is 0. The van der Waals surface area contributed by atoms with Crippen LogP contribution in [-0.2, 0) is 0 Å². The van der Waals surface area contributed by atoms with Gasteiger partial charge in [0.25, 0.3) is 0 Å². The van der Waals surface area contributed by atoms with E-state index in [4.69, 9.17) is 14.2 Å². The minimum atomic E-state index is -0.0269. The highest BCUT2D eigenvalue weighted by molar-refractivity contribution is 5.46. The molecule has 3 aromatic rings. The summed E-state index contributed by atoms with van der Waals surface area (Å²) in [4.78, 5) is 4.38. The molecule has 0 bridgehead atoms. The third-order valence-corrected chi connectivity index (χ3v) is 4.94. The van der Waals surface area contributed by atoms with E-state index in [0.717, 1.165) is 40.7 Å². The second kappa shape index (κ2) is 7.19. The van der Waals surface area contributed by atoms with Gasteiger partial charge in [-0.05, 0) is 42.3 Å². The molecule has 2 aromatic carbocycles. The van der Waals surface area contributed by atoms with Gasteiger partial charge >= 0.3 is 0 Å². The molecular formula is C20H22N4O3. The smallest absolute Gasteiger partial charge is 0.222 e. The van der Waals surface area contributed by atoms with Crippen LogP contribution in [0.4, 0.5) is 5.95 Å². The third-order valence-electron chi connectivity index (χ3n) is 4.94. The molecule has 0 saturated carbocycles. The van der Waals surface area contributed by atoms with Crippen LogP contribution < -0.4 is 19.5 Å². The number of hydrogen-bond donors (Lipinski definition) is 1. The van der Waals surface area contributed by atoms with E-state index in [0.29, 0.717) is 0 Å². The molecule has 0 saturated heterocycles. The minimum absolute atomic E-state index is 0.0269. The molecule has 0 fully saturated rings. The zero-order valence-electron chi connectivity index (χ0n) is 15.5. The Morgan fingerprint density at radius 1 is 0.963 bits per heavy atom. The summed E-state index contributed by atoms with van der Waals surface area (Å²) in [6.07, 6.45) is 2.37. The first-order chi connectivity index (χ1) is 13.2. The quantitative estimate of drug-likeness (QED) is 0.746. The van der Waals surface area contributed by atoms with Gasteiger partial charge in [-0.25, -0.2) is 4.68 Å². The van der Waals surface area contributed by atoms with Crippen molar-refractivity contribution in [3.63, 3.8) is 0 Å². The predicted octanol–water partition coefficient (Wildman–Crippen LogP) is 3.45. The summed E-state index contributed by atoms with van der Waals surface area (Å²) in [6, 6.07) is 14.0. The summed E-state index contributed by atoms with van der Waals surface area (Å²) in [5.41, 5.74) is 2.18. The van der Waals surface area contributed by atoms with Crippen molar-refractivity contribution in [3.8, 4) is 17.2 Å². The topological polar surface area (TPSA) is 70.4 Å². The van der Waals surface area contributed by atoms with Crippen molar-refractivity contribution in [1.29, 1.82) is 0 Å². The fraction of sp³-hybridized carbons (Fsp3) is 0.300. The first-order valence-corrected chi connectivity index (χ1v) is 8.75. The lowest BCUT2D eigenvalue weighted by molar-refractivity contribution is 0.373. The highest BCUT2D eigenvalue weighted by Gasteiger charge is 2.32. The van der Waals surface area contributed by atoms with E-state index in [9.17, 15) is 0 Å². The maximum absolute atomic E-state index is 5.61. The lowest BCUT2D eigenvalue weighted by Gasteiger charge is -2.32. The predicted molar refractivity (Wildman–Crippen MR) is 102 cm³/mol. The van der Waals surface area contributed by atoms with Crippen molar-refractivity contribution < 1.29 is 14.2 Å². The van der Waals surface area contributed by atoms with Crippen molar-refractivity contribution in [2.45, 2.75) is 18.5 Å². The number of nitrogens with one attached hydrogen (secondary N) is 1. The highest BCUT2D eigenvalue weighted by atomic mass is 16.5. The monoisotopic (exact) mass is 366 g/mol. The fourth-order valence-corrected chi connectivity index (χ4v) is 3.53. The number of ether oxygens (including phenoxy) is 3. The first kappa shape index (κ1) is 17.2. The van der Waals surface area contributed by atoms with Crippen molar-refractivity contribution in [2.24, 2.45) is 0 Å². The minimum Gasteiger partial charge on any atom is -0.497 e. The van der Waals surface area contributed by atoms with E-state index in [1.54, 1.807) is 27.7 Å². The number of fused-ring (bicyclic) bond motifs is 1. The molecule has 2 atom stereocenters. The van der Waals surface area contributed by atoms with Gasteiger partial charge in [0.05, 0.1) is 33.4 Å². The van der Waals surface area contributed by atoms with Gasteiger partial charge in [-0.15, -0.1) is 0 Å². The molecule has 4 rings (SSSR count). The first-order valence-electron chi connectivity index (χ1n) is 8.75. The number of aromatic nitrogens is 3. The van der Waals surface area contributed by atoms with Gasteiger partial charge < -0.3 is 19.5 Å². The number of hydrogen-bond acceptors (Lipinski definition) is 6. The maximum atomic E-state index is 5.61. The Hall–Kier alpha value is -3.22. The molecule has 1 aliphatic heterocycles. The molecule has 7 nitrogen and oxygen atoms in total. The third kappa shape index (κ3) is 3.16. The molecule has 0 aliphatic carbocycles. The van der Waals surface area contributed by atoms with E-state index < -0.39 is 0 Å². The van der Waals surface area contributed by atoms with Gasteiger partial charge in [0.1, 0.15) is 23.6 Å². The average Bonchev–Trinajstić information content (AvgIpc) is 3.21. The van der Waals surface area contributed by atoms with Crippen LogP contribution in [0.3, 0.4) is 0 Å². The van der Waals surface area contributed by atoms with E-state index in [-0.39, 0.29) is 12.1 Å². The van der Waals surface area contributed by atoms with E-state index >= 15 is 0 Å². The number of nitrogens with zero attached hydrogens (tertiary/aromatic N) is 3. The van der Waals surface area contributed by atoms with Gasteiger partial charge in [-0.2, -0.15) is 10.1 Å². The molecule has 1 N–H and O–H groups in total. The Labute approximate surface area is 157 Å². The highest BCUT2D eigenvalue weighted by Crippen LogP contribution is 2.41. The Morgan fingerprint density at radius 3 is 2.41 bits per heavy atom. The zero-order chi connectivity index (χ0) is 18.8. The molecule has 0 radical (unpaired) electrons. The van der Waals surface area contributed by atoms with Gasteiger partial charge in [0.15, 0.2) is 0 Å². The second-order valence-corrected chi connectivity index (χ2v) is 6.36. The molecule has 2 heterocycles. The van der Waals surface area contributed by atoms with Crippen LogP contribution in [-0.4, -0.2) is 36.1 Å². The lowest BCUT2D eigenvalue weighted by atomic mass is 9.92. The number of anilines is 1. The summed E-state index contributed by atoms with van der Waals surface area (Å²) in [5.74, 6) is 3.16. The van der Waals surface area contributed by atoms with E-state index in [1.165, 1.54) is 0 Å². The van der Waals surface area contributed by atoms with Gasteiger partial charge in [-0.3, -0.25) is 0 Å². The van der Waals surface area contributed by atoms with Gasteiger partial charge in [0, 0.05) is 5.56 Å². The van der Waals surface area contributed by atoms with Crippen LogP contribution >= 0.6 is 0 Å². The molecule has 1 aliphatic rings. The molecule has 0 spiro atoms. The number of methoxy groups -OCH3 is 3. The maximum Gasteiger partial charge on any atom is 0.222 e. The van der Waals surface area contributed by atoms with Crippen LogP contribution in [0, 0.1) is 0 Å². The fourth-order valence-electron chi connectivity index (χ4n) is 3.53. The van der Waals surface area contributed by atoms with Gasteiger partial charge in [-0.1, -0.05) is 12.1 Å². The molecule has 7 heteroatoms. The molecule has 2 unspecified atom stereocenters. The largest absolute Gasteiger partial charge is 0.497 e. The van der Waals surface area contributed by atoms with Crippen molar-refractivity contribution >= 4 is 5.95 Å². The van der Waals surface area contributed by atoms with Crippen LogP contribution in [0.2, 0.25) is 0 Å². The van der Waals surface area contributed by atoms with Crippen LogP contribution in [0.15, 0.2) is 48.8 Å². The molecule has 1 aromatic heterocycles. The SMILES string of the molecule is COc1ccc(C2CC(c3cc(OC)ccc3OC)n3ncnc3N2)cc1. The van der Waals surface area contributed by atoms with Crippen molar-refractivity contribution in [2.75, 3.05) is 26.6 Å². The Morgan fingerprint density at radius 2 is 1.70 bits per heavy atom. The Balaban J connectivity index is 1.74. The number of benzene rings is 2. The lowest BCUT2D eigenvalue weighted by Crippen LogP contribution is -2.28. The van der Waals surface area contributed by atoms with Crippen molar-refractivity contribution in [3.05, 3.63) is 59.9 Å². The van der Waals surface area contributed by atoms with E-state index in [2.05, 4.69) is 27.5 Å². The molecule has 140 valence electrons. The average molecular weight is 366 g/mol. The second-order valence-electron chi connectivity index (χ2n) is 6.36. The Kier molecular flexibility index (Phi) is 4.58. The standard InChI is InChI=1S/C20H22N4O3/c1-25-14-6-4-13(5-7-14)17-11-18(24-20(23-17)21-12-22-24)16-10-15(26-2)8-9-19(16)27-3/h4-10,12,17-18H,11H2,1-3H3,(H,21,22,23). The van der Waals surface area contributed by atoms with Crippen molar-refractivity contribution in [1.82, 2.24) is 14.8 Å². The Bertz CT molecular complexity index is 923. The summed E-state index contributed by atoms with van der Waals surface area (Å²) < 4.78 is 18.2. The normalized spacial score (nSPS) is 18.3. The summed E-state index contributed by atoms with van der Waals surface area (Å²) in [6.45, 7) is 0. The number of rotatable bonds is 5. The summed E-state index contributed by atoms with van der Waals surface area (Å²) in [7, 11) is 5.01.